The molecule has 0 heterocycles. The molecule has 1 aliphatic carbocycles. The molecule has 0 unspecified atom stereocenters. The fourth-order valence-corrected chi connectivity index (χ4v) is 2.51. The van der Waals surface area contributed by atoms with Gasteiger partial charge in [-0.1, -0.05) is 6.92 Å². The third kappa shape index (κ3) is 3.64. The first kappa shape index (κ1) is 10.1. The monoisotopic (exact) mass is 191 g/mol. The highest BCUT2D eigenvalue weighted by atomic mass is 28.4. The fourth-order valence-electron chi connectivity index (χ4n) is 1.68. The molecule has 0 aromatic carbocycles. The molecule has 0 aromatic rings. The molecule has 1 saturated carbocycles. The lowest BCUT2D eigenvalue weighted by molar-refractivity contribution is 0.188. The maximum absolute atomic E-state index is 8.77. The summed E-state index contributed by atoms with van der Waals surface area (Å²) < 4.78 is 0. The minimum absolute atomic E-state index is 0.0906. The van der Waals surface area contributed by atoms with Gasteiger partial charge in [0.2, 0.25) is 0 Å². The normalized spacial score (nSPS) is 32.0. The number of nitrogens with one attached hydrogen (secondary N) is 1. The van der Waals surface area contributed by atoms with E-state index in [9.17, 15) is 0 Å². The third-order valence-electron chi connectivity index (χ3n) is 2.41. The summed E-state index contributed by atoms with van der Waals surface area (Å²) in [5.74, 6) is 0.732. The van der Waals surface area contributed by atoms with Crippen molar-refractivity contribution in [2.24, 2.45) is 5.92 Å². The van der Waals surface area contributed by atoms with Gasteiger partial charge in [0.15, 0.2) is 0 Å². The van der Waals surface area contributed by atoms with Gasteiger partial charge in [0.25, 0.3) is 0 Å². The Morgan fingerprint density at radius 2 is 1.58 bits per heavy atom. The van der Waals surface area contributed by atoms with Crippen molar-refractivity contribution in [2.45, 2.75) is 38.6 Å². The van der Waals surface area contributed by atoms with Crippen LogP contribution in [0.3, 0.4) is 0 Å². The summed E-state index contributed by atoms with van der Waals surface area (Å²) in [5.41, 5.74) is 0. The summed E-state index contributed by atoms with van der Waals surface area (Å²) in [4.78, 5) is 28.8. The van der Waals surface area contributed by atoms with Gasteiger partial charge >= 0.3 is 8.97 Å². The van der Waals surface area contributed by atoms with E-state index in [0.717, 1.165) is 31.6 Å². The lowest BCUT2D eigenvalue weighted by atomic mass is 9.88. The van der Waals surface area contributed by atoms with Gasteiger partial charge in [-0.3, -0.25) is 4.98 Å². The Balaban J connectivity index is 2.26. The van der Waals surface area contributed by atoms with E-state index in [0.29, 0.717) is 0 Å². The van der Waals surface area contributed by atoms with Gasteiger partial charge in [0.05, 0.1) is 0 Å². The zero-order valence-electron chi connectivity index (χ0n) is 7.32. The second-order valence-electron chi connectivity index (χ2n) is 3.74. The van der Waals surface area contributed by atoms with Gasteiger partial charge in [0, 0.05) is 6.04 Å². The molecule has 5 heteroatoms. The summed E-state index contributed by atoms with van der Waals surface area (Å²) in [6.45, 7) is 2.19. The zero-order valence-corrected chi connectivity index (χ0v) is 8.32. The van der Waals surface area contributed by atoms with Crippen LogP contribution in [-0.4, -0.2) is 29.4 Å². The van der Waals surface area contributed by atoms with Crippen LogP contribution in [-0.2, 0) is 0 Å². The van der Waals surface area contributed by atoms with Gasteiger partial charge in [-0.15, -0.1) is 0 Å². The smallest absolute Gasteiger partial charge is 0.377 e. The Hall–Kier alpha value is 0.0569. The lowest BCUT2D eigenvalue weighted by Gasteiger charge is -2.28. The molecule has 0 radical (unpaired) electrons. The minimum atomic E-state index is -4.02. The molecule has 0 spiro atoms. The molecule has 0 amide bonds. The van der Waals surface area contributed by atoms with E-state index < -0.39 is 8.97 Å². The highest BCUT2D eigenvalue weighted by molar-refractivity contribution is 6.53. The molecule has 12 heavy (non-hydrogen) atoms. The van der Waals surface area contributed by atoms with Crippen LogP contribution in [0.15, 0.2) is 0 Å². The van der Waals surface area contributed by atoms with E-state index in [1.807, 2.05) is 0 Å². The number of hydrogen-bond donors (Lipinski definition) is 4. The Bertz CT molecular complexity index is 140. The quantitative estimate of drug-likeness (QED) is 0.447. The number of hydrogen-bond acceptors (Lipinski definition) is 4. The average molecular weight is 191 g/mol. The Morgan fingerprint density at radius 1 is 1.08 bits per heavy atom. The highest BCUT2D eigenvalue weighted by Crippen LogP contribution is 2.23. The van der Waals surface area contributed by atoms with Crippen LogP contribution >= 0.6 is 0 Å². The molecule has 0 atom stereocenters. The largest absolute Gasteiger partial charge is 0.588 e. The van der Waals surface area contributed by atoms with Crippen molar-refractivity contribution in [1.29, 1.82) is 0 Å². The van der Waals surface area contributed by atoms with Gasteiger partial charge in [-0.25, -0.2) is 0 Å². The number of rotatable bonds is 2. The van der Waals surface area contributed by atoms with E-state index >= 15 is 0 Å². The van der Waals surface area contributed by atoms with Crippen LogP contribution in [0.25, 0.3) is 0 Å². The lowest BCUT2D eigenvalue weighted by Crippen LogP contribution is -2.56. The van der Waals surface area contributed by atoms with Crippen molar-refractivity contribution in [1.82, 2.24) is 4.98 Å². The maximum atomic E-state index is 8.77. The van der Waals surface area contributed by atoms with Crippen LogP contribution in [0.4, 0.5) is 0 Å². The molecule has 0 bridgehead atoms. The van der Waals surface area contributed by atoms with Crippen molar-refractivity contribution < 1.29 is 14.4 Å². The first-order valence-corrected chi connectivity index (χ1v) is 6.26. The molecule has 1 fully saturated rings. The van der Waals surface area contributed by atoms with E-state index in [-0.39, 0.29) is 6.04 Å². The second kappa shape index (κ2) is 3.84. The molecular weight excluding hydrogens is 174 g/mol. The molecular formula is C7H17NO3Si. The maximum Gasteiger partial charge on any atom is 0.588 e. The molecule has 4 N–H and O–H groups in total. The van der Waals surface area contributed by atoms with Crippen LogP contribution in [0.2, 0.25) is 0 Å². The second-order valence-corrected chi connectivity index (χ2v) is 5.30. The third-order valence-corrected chi connectivity index (χ3v) is 3.21. The van der Waals surface area contributed by atoms with Crippen LogP contribution in [0, 0.1) is 5.92 Å². The molecule has 0 aromatic heterocycles. The molecule has 0 saturated heterocycles. The molecule has 4 nitrogen and oxygen atoms in total. The molecule has 0 aliphatic heterocycles. The predicted molar refractivity (Wildman–Crippen MR) is 47.0 cm³/mol. The van der Waals surface area contributed by atoms with E-state index in [4.69, 9.17) is 14.4 Å². The summed E-state index contributed by atoms with van der Waals surface area (Å²) in [5, 5.41) is 0. The molecule has 72 valence electrons. The van der Waals surface area contributed by atoms with Crippen molar-refractivity contribution in [2.75, 3.05) is 0 Å². The topological polar surface area (TPSA) is 72.7 Å². The Morgan fingerprint density at radius 3 is 2.00 bits per heavy atom. The zero-order chi connectivity index (χ0) is 9.19. The highest BCUT2D eigenvalue weighted by Gasteiger charge is 2.32. The summed E-state index contributed by atoms with van der Waals surface area (Å²) >= 11 is 0. The minimum Gasteiger partial charge on any atom is -0.377 e. The van der Waals surface area contributed by atoms with Gasteiger partial charge < -0.3 is 14.4 Å². The van der Waals surface area contributed by atoms with Gasteiger partial charge in [-0.2, -0.15) is 0 Å². The molecule has 1 aliphatic rings. The van der Waals surface area contributed by atoms with Crippen molar-refractivity contribution >= 4 is 8.97 Å². The van der Waals surface area contributed by atoms with Crippen molar-refractivity contribution in [3.8, 4) is 0 Å². The van der Waals surface area contributed by atoms with Gasteiger partial charge in [0.1, 0.15) is 0 Å². The van der Waals surface area contributed by atoms with E-state index in [1.165, 1.54) is 0 Å². The van der Waals surface area contributed by atoms with Crippen LogP contribution in [0.5, 0.6) is 0 Å². The van der Waals surface area contributed by atoms with Crippen molar-refractivity contribution in [3.05, 3.63) is 0 Å². The fraction of sp³-hybridized carbons (Fsp3) is 1.00. The SMILES string of the molecule is CC1CCC(N[Si](O)(O)O)CC1. The van der Waals surface area contributed by atoms with Crippen LogP contribution in [0.1, 0.15) is 32.6 Å². The summed E-state index contributed by atoms with van der Waals surface area (Å²) in [7, 11) is -4.02. The van der Waals surface area contributed by atoms with Gasteiger partial charge in [-0.05, 0) is 31.6 Å². The average Bonchev–Trinajstić information content (AvgIpc) is 1.91. The first-order chi connectivity index (χ1) is 5.47. The molecule has 1 rings (SSSR count). The van der Waals surface area contributed by atoms with E-state index in [1.54, 1.807) is 0 Å². The van der Waals surface area contributed by atoms with Crippen LogP contribution < -0.4 is 4.98 Å². The summed E-state index contributed by atoms with van der Waals surface area (Å²) in [6, 6.07) is 0.0906. The first-order valence-electron chi connectivity index (χ1n) is 4.42. The van der Waals surface area contributed by atoms with Crippen molar-refractivity contribution in [3.63, 3.8) is 0 Å². The standard InChI is InChI=1S/C7H17NO3Si/c1-6-2-4-7(5-3-6)8-12(9,10)11/h6-11H,2-5H2,1H3. The van der Waals surface area contributed by atoms with E-state index in [2.05, 4.69) is 11.9 Å². The summed E-state index contributed by atoms with van der Waals surface area (Å²) in [6.07, 6.45) is 4.06. The Labute approximate surface area is 73.7 Å². The predicted octanol–water partition coefficient (Wildman–Crippen LogP) is -0.433. The Kier molecular flexibility index (Phi) is 3.25.